The van der Waals surface area contributed by atoms with Crippen LogP contribution in [0.3, 0.4) is 0 Å². The summed E-state index contributed by atoms with van der Waals surface area (Å²) in [6, 6.07) is 5.23. The maximum Gasteiger partial charge on any atom is 0.265 e. The zero-order chi connectivity index (χ0) is 16.9. The number of sulfonamides is 1. The molecule has 0 aromatic carbocycles. The Morgan fingerprint density at radius 1 is 1.25 bits per heavy atom. The highest BCUT2D eigenvalue weighted by atomic mass is 32.2. The van der Waals surface area contributed by atoms with Crippen LogP contribution in [0, 0.1) is 6.92 Å². The molecule has 3 aromatic heterocycles. The molecular weight excluding hydrogens is 326 g/mol. The SMILES string of the molecule is Cc1nn(C)c2ncc(S(=O)(=O)N3CCCc4ncccc43)cc12. The zero-order valence-electron chi connectivity index (χ0n) is 13.5. The average Bonchev–Trinajstić information content (AvgIpc) is 2.88. The molecule has 4 heterocycles. The van der Waals surface area contributed by atoms with E-state index < -0.39 is 10.0 Å². The first-order valence-electron chi connectivity index (χ1n) is 7.74. The number of nitrogens with zero attached hydrogens (tertiary/aromatic N) is 5. The Balaban J connectivity index is 1.86. The summed E-state index contributed by atoms with van der Waals surface area (Å²) >= 11 is 0. The molecule has 0 saturated heterocycles. The summed E-state index contributed by atoms with van der Waals surface area (Å²) < 4.78 is 29.4. The molecule has 7 nitrogen and oxygen atoms in total. The number of fused-ring (bicyclic) bond motifs is 2. The molecule has 0 amide bonds. The van der Waals surface area contributed by atoms with Gasteiger partial charge in [0.25, 0.3) is 10.0 Å². The van der Waals surface area contributed by atoms with Crippen molar-refractivity contribution in [3.63, 3.8) is 0 Å². The normalized spacial score (nSPS) is 14.8. The predicted molar refractivity (Wildman–Crippen MR) is 90.3 cm³/mol. The Morgan fingerprint density at radius 3 is 2.92 bits per heavy atom. The molecule has 0 N–H and O–H groups in total. The van der Waals surface area contributed by atoms with Crippen molar-refractivity contribution in [2.75, 3.05) is 10.8 Å². The highest BCUT2D eigenvalue weighted by Crippen LogP contribution is 2.31. The minimum absolute atomic E-state index is 0.183. The van der Waals surface area contributed by atoms with Gasteiger partial charge in [0.1, 0.15) is 4.90 Å². The zero-order valence-corrected chi connectivity index (χ0v) is 14.3. The smallest absolute Gasteiger partial charge is 0.264 e. The molecule has 0 aliphatic carbocycles. The fourth-order valence-electron chi connectivity index (χ4n) is 3.17. The molecule has 0 radical (unpaired) electrons. The number of pyridine rings is 2. The van der Waals surface area contributed by atoms with E-state index in [4.69, 9.17) is 0 Å². The van der Waals surface area contributed by atoms with Crippen molar-refractivity contribution in [2.24, 2.45) is 7.05 Å². The molecule has 0 bridgehead atoms. The minimum atomic E-state index is -3.68. The number of rotatable bonds is 2. The molecule has 0 fully saturated rings. The van der Waals surface area contributed by atoms with Crippen LogP contribution >= 0.6 is 0 Å². The first kappa shape index (κ1) is 15.1. The van der Waals surface area contributed by atoms with Crippen LogP contribution in [0.5, 0.6) is 0 Å². The van der Waals surface area contributed by atoms with Gasteiger partial charge in [-0.15, -0.1) is 0 Å². The van der Waals surface area contributed by atoms with Gasteiger partial charge in [0.2, 0.25) is 0 Å². The minimum Gasteiger partial charge on any atom is -0.264 e. The van der Waals surface area contributed by atoms with Gasteiger partial charge < -0.3 is 0 Å². The van der Waals surface area contributed by atoms with Gasteiger partial charge in [-0.2, -0.15) is 5.10 Å². The van der Waals surface area contributed by atoms with Crippen LogP contribution < -0.4 is 4.31 Å². The Bertz CT molecular complexity index is 1040. The molecule has 0 spiro atoms. The summed E-state index contributed by atoms with van der Waals surface area (Å²) in [6.07, 6.45) is 4.65. The maximum absolute atomic E-state index is 13.1. The summed E-state index contributed by atoms with van der Waals surface area (Å²) in [5.74, 6) is 0. The topological polar surface area (TPSA) is 81.0 Å². The lowest BCUT2D eigenvalue weighted by Gasteiger charge is -2.29. The molecule has 0 saturated carbocycles. The van der Waals surface area contributed by atoms with E-state index in [-0.39, 0.29) is 4.90 Å². The number of hydrogen-bond donors (Lipinski definition) is 0. The Labute approximate surface area is 140 Å². The van der Waals surface area contributed by atoms with Gasteiger partial charge >= 0.3 is 0 Å². The molecule has 8 heteroatoms. The van der Waals surface area contributed by atoms with E-state index in [2.05, 4.69) is 15.1 Å². The molecule has 24 heavy (non-hydrogen) atoms. The first-order valence-corrected chi connectivity index (χ1v) is 9.18. The summed E-state index contributed by atoms with van der Waals surface area (Å²) in [7, 11) is -1.89. The standard InChI is InChI=1S/C16H17N5O2S/c1-11-13-9-12(10-18-16(13)20(2)19-11)24(22,23)21-8-4-5-14-15(21)6-3-7-17-14/h3,6-7,9-10H,4-5,8H2,1-2H3. The Hall–Kier alpha value is -2.48. The number of aromatic nitrogens is 4. The van der Waals surface area contributed by atoms with Crippen LogP contribution in [0.15, 0.2) is 35.5 Å². The molecule has 3 aromatic rings. The maximum atomic E-state index is 13.1. The van der Waals surface area contributed by atoms with Gasteiger partial charge in [-0.1, -0.05) is 0 Å². The average molecular weight is 343 g/mol. The van der Waals surface area contributed by atoms with Crippen molar-refractivity contribution in [3.8, 4) is 0 Å². The van der Waals surface area contributed by atoms with Gasteiger partial charge in [-0.3, -0.25) is 14.0 Å². The van der Waals surface area contributed by atoms with E-state index >= 15 is 0 Å². The summed E-state index contributed by atoms with van der Waals surface area (Å²) in [5, 5.41) is 5.05. The summed E-state index contributed by atoms with van der Waals surface area (Å²) in [5.41, 5.74) is 2.91. The van der Waals surface area contributed by atoms with Crippen molar-refractivity contribution in [1.82, 2.24) is 19.7 Å². The summed E-state index contributed by atoms with van der Waals surface area (Å²) in [4.78, 5) is 8.79. The predicted octanol–water partition coefficient (Wildman–Crippen LogP) is 1.81. The fraction of sp³-hybridized carbons (Fsp3) is 0.312. The molecule has 4 rings (SSSR count). The van der Waals surface area contributed by atoms with Gasteiger partial charge in [0, 0.05) is 31.4 Å². The van der Waals surface area contributed by atoms with Crippen molar-refractivity contribution in [3.05, 3.63) is 42.0 Å². The van der Waals surface area contributed by atoms with E-state index in [0.717, 1.165) is 29.6 Å². The van der Waals surface area contributed by atoms with Crippen LogP contribution in [0.4, 0.5) is 5.69 Å². The van der Waals surface area contributed by atoms with Gasteiger partial charge in [0.05, 0.1) is 17.1 Å². The molecule has 124 valence electrons. The largest absolute Gasteiger partial charge is 0.265 e. The third-order valence-electron chi connectivity index (χ3n) is 4.34. The quantitative estimate of drug-likeness (QED) is 0.709. The highest BCUT2D eigenvalue weighted by molar-refractivity contribution is 7.92. The van der Waals surface area contributed by atoms with Crippen molar-refractivity contribution in [2.45, 2.75) is 24.7 Å². The first-order chi connectivity index (χ1) is 11.5. The van der Waals surface area contributed by atoms with Crippen LogP contribution in [-0.4, -0.2) is 34.7 Å². The van der Waals surface area contributed by atoms with Crippen LogP contribution in [-0.2, 0) is 23.5 Å². The van der Waals surface area contributed by atoms with Crippen molar-refractivity contribution < 1.29 is 8.42 Å². The number of hydrogen-bond acceptors (Lipinski definition) is 5. The van der Waals surface area contributed by atoms with Gasteiger partial charge in [-0.05, 0) is 38.0 Å². The molecule has 1 aliphatic rings. The third kappa shape index (κ3) is 2.17. The Kier molecular flexibility index (Phi) is 3.31. The van der Waals surface area contributed by atoms with E-state index in [1.807, 2.05) is 6.92 Å². The van der Waals surface area contributed by atoms with Gasteiger partial charge in [-0.25, -0.2) is 13.4 Å². The monoisotopic (exact) mass is 343 g/mol. The second-order valence-electron chi connectivity index (χ2n) is 5.90. The Morgan fingerprint density at radius 2 is 2.08 bits per heavy atom. The van der Waals surface area contributed by atoms with E-state index in [1.54, 1.807) is 36.1 Å². The summed E-state index contributed by atoms with van der Waals surface area (Å²) in [6.45, 7) is 2.30. The van der Waals surface area contributed by atoms with Crippen LogP contribution in [0.25, 0.3) is 11.0 Å². The van der Waals surface area contributed by atoms with Crippen LogP contribution in [0.1, 0.15) is 17.8 Å². The lowest BCUT2D eigenvalue weighted by molar-refractivity contribution is 0.585. The van der Waals surface area contributed by atoms with Crippen molar-refractivity contribution in [1.29, 1.82) is 0 Å². The highest BCUT2D eigenvalue weighted by Gasteiger charge is 2.30. The number of anilines is 1. The second-order valence-corrected chi connectivity index (χ2v) is 7.76. The fourth-order valence-corrected chi connectivity index (χ4v) is 4.67. The molecule has 0 unspecified atom stereocenters. The lowest BCUT2D eigenvalue weighted by atomic mass is 10.1. The molecular formula is C16H17N5O2S. The lowest BCUT2D eigenvalue weighted by Crippen LogP contribution is -2.35. The molecule has 1 aliphatic heterocycles. The second kappa shape index (κ2) is 5.27. The van der Waals surface area contributed by atoms with Crippen LogP contribution in [0.2, 0.25) is 0 Å². The van der Waals surface area contributed by atoms with E-state index in [9.17, 15) is 8.42 Å². The molecule has 0 atom stereocenters. The van der Waals surface area contributed by atoms with Gasteiger partial charge in [0.15, 0.2) is 5.65 Å². The van der Waals surface area contributed by atoms with E-state index in [0.29, 0.717) is 17.9 Å². The van der Waals surface area contributed by atoms with Crippen molar-refractivity contribution >= 4 is 26.7 Å². The van der Waals surface area contributed by atoms with E-state index in [1.165, 1.54) is 10.5 Å². The third-order valence-corrected chi connectivity index (χ3v) is 6.11. The number of aryl methyl sites for hydroxylation is 3.